The zero-order valence-electron chi connectivity index (χ0n) is 4.62. The van der Waals surface area contributed by atoms with Gasteiger partial charge in [-0.1, -0.05) is 0 Å². The van der Waals surface area contributed by atoms with E-state index < -0.39 is 12.8 Å². The highest BCUT2D eigenvalue weighted by Gasteiger charge is 2.07. The molecule has 1 rings (SSSR count). The van der Waals surface area contributed by atoms with Crippen molar-refractivity contribution in [2.45, 2.75) is 6.10 Å². The van der Waals surface area contributed by atoms with Gasteiger partial charge in [0.05, 0.1) is 0 Å². The van der Waals surface area contributed by atoms with Crippen LogP contribution >= 0.6 is 11.3 Å². The molecular formula is C5H6FNOS. The van der Waals surface area contributed by atoms with Crippen LogP contribution in [0.4, 0.5) is 4.39 Å². The van der Waals surface area contributed by atoms with Gasteiger partial charge >= 0.3 is 0 Å². The maximum absolute atomic E-state index is 11.7. The SMILES string of the molecule is OC(CF)c1nccs1. The number of hydrogen-bond donors (Lipinski definition) is 1. The second-order valence-electron chi connectivity index (χ2n) is 1.54. The average Bonchev–Trinajstić information content (AvgIpc) is 2.37. The molecule has 1 N–H and O–H groups in total. The van der Waals surface area contributed by atoms with Gasteiger partial charge in [0.15, 0.2) is 0 Å². The van der Waals surface area contributed by atoms with Crippen LogP contribution in [0.1, 0.15) is 11.1 Å². The van der Waals surface area contributed by atoms with Crippen molar-refractivity contribution in [1.82, 2.24) is 4.98 Å². The molecule has 0 aliphatic carbocycles. The van der Waals surface area contributed by atoms with E-state index in [2.05, 4.69) is 4.98 Å². The van der Waals surface area contributed by atoms with Crippen LogP contribution in [0, 0.1) is 0 Å². The molecule has 9 heavy (non-hydrogen) atoms. The van der Waals surface area contributed by atoms with Crippen molar-refractivity contribution in [3.8, 4) is 0 Å². The third-order valence-electron chi connectivity index (χ3n) is 0.883. The van der Waals surface area contributed by atoms with Crippen LogP contribution in [0.5, 0.6) is 0 Å². The second-order valence-corrected chi connectivity index (χ2v) is 2.47. The third kappa shape index (κ3) is 1.46. The lowest BCUT2D eigenvalue weighted by Crippen LogP contribution is -1.97. The molecule has 0 spiro atoms. The normalized spacial score (nSPS) is 13.6. The molecule has 1 aromatic rings. The van der Waals surface area contributed by atoms with Gasteiger partial charge in [-0.2, -0.15) is 0 Å². The maximum Gasteiger partial charge on any atom is 0.134 e. The topological polar surface area (TPSA) is 33.1 Å². The van der Waals surface area contributed by atoms with E-state index in [1.54, 1.807) is 11.6 Å². The molecule has 0 aliphatic rings. The molecule has 0 radical (unpaired) electrons. The van der Waals surface area contributed by atoms with Crippen LogP contribution in [-0.4, -0.2) is 16.8 Å². The van der Waals surface area contributed by atoms with Gasteiger partial charge in [-0.05, 0) is 0 Å². The van der Waals surface area contributed by atoms with Gasteiger partial charge in [0, 0.05) is 11.6 Å². The number of aliphatic hydroxyl groups excluding tert-OH is 1. The van der Waals surface area contributed by atoms with E-state index in [9.17, 15) is 4.39 Å². The molecule has 1 atom stereocenters. The lowest BCUT2D eigenvalue weighted by molar-refractivity contribution is 0.141. The molecule has 0 amide bonds. The molecule has 0 fully saturated rings. The van der Waals surface area contributed by atoms with Gasteiger partial charge in [-0.3, -0.25) is 0 Å². The minimum Gasteiger partial charge on any atom is -0.383 e. The number of aliphatic hydroxyl groups is 1. The molecule has 0 bridgehead atoms. The van der Waals surface area contributed by atoms with Crippen molar-refractivity contribution < 1.29 is 9.50 Å². The molecule has 0 saturated carbocycles. The molecule has 0 saturated heterocycles. The molecule has 1 aromatic heterocycles. The number of halogens is 1. The predicted molar refractivity (Wildman–Crippen MR) is 33.0 cm³/mol. The molecule has 50 valence electrons. The minimum absolute atomic E-state index is 0.442. The Morgan fingerprint density at radius 3 is 3.11 bits per heavy atom. The van der Waals surface area contributed by atoms with Crippen molar-refractivity contribution in [3.63, 3.8) is 0 Å². The Hall–Kier alpha value is -0.480. The monoisotopic (exact) mass is 147 g/mol. The number of alkyl halides is 1. The molecule has 2 nitrogen and oxygen atoms in total. The average molecular weight is 147 g/mol. The fourth-order valence-electron chi connectivity index (χ4n) is 0.465. The van der Waals surface area contributed by atoms with Gasteiger partial charge in [0.2, 0.25) is 0 Å². The molecule has 1 unspecified atom stereocenters. The highest BCUT2D eigenvalue weighted by atomic mass is 32.1. The van der Waals surface area contributed by atoms with E-state index in [0.717, 1.165) is 0 Å². The van der Waals surface area contributed by atoms with Gasteiger partial charge in [-0.25, -0.2) is 9.37 Å². The third-order valence-corrected chi connectivity index (χ3v) is 1.76. The van der Waals surface area contributed by atoms with Crippen molar-refractivity contribution >= 4 is 11.3 Å². The lowest BCUT2D eigenvalue weighted by atomic mass is 10.4. The highest BCUT2D eigenvalue weighted by Crippen LogP contribution is 2.14. The van der Waals surface area contributed by atoms with Gasteiger partial charge in [0.25, 0.3) is 0 Å². The summed E-state index contributed by atoms with van der Waals surface area (Å²) in [5.74, 6) is 0. The zero-order chi connectivity index (χ0) is 6.69. The summed E-state index contributed by atoms with van der Waals surface area (Å²) in [5, 5.41) is 10.9. The van der Waals surface area contributed by atoms with Crippen LogP contribution in [0.25, 0.3) is 0 Å². The predicted octanol–water partition coefficient (Wildman–Crippen LogP) is 1.15. The number of aromatic nitrogens is 1. The number of hydrogen-bond acceptors (Lipinski definition) is 3. The van der Waals surface area contributed by atoms with E-state index >= 15 is 0 Å². The van der Waals surface area contributed by atoms with Crippen LogP contribution < -0.4 is 0 Å². The standard InChI is InChI=1S/C5H6FNOS/c6-3-4(8)5-7-1-2-9-5/h1-2,4,8H,3H2. The Balaban J connectivity index is 2.65. The first-order valence-electron chi connectivity index (χ1n) is 2.48. The van der Waals surface area contributed by atoms with E-state index in [1.807, 2.05) is 0 Å². The quantitative estimate of drug-likeness (QED) is 0.680. The summed E-state index contributed by atoms with van der Waals surface area (Å²) in [7, 11) is 0. The molecule has 1 heterocycles. The summed E-state index contributed by atoms with van der Waals surface area (Å²) in [4.78, 5) is 3.72. The zero-order valence-corrected chi connectivity index (χ0v) is 5.44. The van der Waals surface area contributed by atoms with E-state index in [1.165, 1.54) is 11.3 Å². The molecule has 0 aromatic carbocycles. The summed E-state index contributed by atoms with van der Waals surface area (Å²) >= 11 is 1.25. The van der Waals surface area contributed by atoms with Crippen LogP contribution in [0.3, 0.4) is 0 Å². The Morgan fingerprint density at radius 2 is 2.67 bits per heavy atom. The van der Waals surface area contributed by atoms with Gasteiger partial charge in [0.1, 0.15) is 17.8 Å². The van der Waals surface area contributed by atoms with E-state index in [-0.39, 0.29) is 0 Å². The smallest absolute Gasteiger partial charge is 0.134 e. The van der Waals surface area contributed by atoms with Crippen molar-refractivity contribution in [2.24, 2.45) is 0 Å². The summed E-state index contributed by atoms with van der Waals surface area (Å²) in [5.41, 5.74) is 0. The Kier molecular flexibility index (Phi) is 2.13. The second kappa shape index (κ2) is 2.89. The summed E-state index contributed by atoms with van der Waals surface area (Å²) < 4.78 is 11.7. The summed E-state index contributed by atoms with van der Waals surface area (Å²) in [6.45, 7) is -0.756. The fraction of sp³-hybridized carbons (Fsp3) is 0.400. The molecule has 4 heteroatoms. The summed E-state index contributed by atoms with van der Waals surface area (Å²) in [6, 6.07) is 0. The lowest BCUT2D eigenvalue weighted by Gasteiger charge is -1.97. The van der Waals surface area contributed by atoms with Gasteiger partial charge in [-0.15, -0.1) is 11.3 Å². The summed E-state index contributed by atoms with van der Waals surface area (Å²) in [6.07, 6.45) is 0.517. The Morgan fingerprint density at radius 1 is 1.89 bits per heavy atom. The van der Waals surface area contributed by atoms with Crippen LogP contribution in [0.2, 0.25) is 0 Å². The fourth-order valence-corrected chi connectivity index (χ4v) is 1.07. The van der Waals surface area contributed by atoms with E-state index in [4.69, 9.17) is 5.11 Å². The first-order valence-corrected chi connectivity index (χ1v) is 3.36. The largest absolute Gasteiger partial charge is 0.383 e. The highest BCUT2D eigenvalue weighted by molar-refractivity contribution is 7.09. The maximum atomic E-state index is 11.7. The number of thiazole rings is 1. The van der Waals surface area contributed by atoms with Crippen LogP contribution in [0.15, 0.2) is 11.6 Å². The van der Waals surface area contributed by atoms with Crippen LogP contribution in [-0.2, 0) is 0 Å². The molecule has 0 aliphatic heterocycles. The number of nitrogens with zero attached hydrogens (tertiary/aromatic N) is 1. The molecular weight excluding hydrogens is 141 g/mol. The Labute approximate surface area is 56.0 Å². The number of rotatable bonds is 2. The van der Waals surface area contributed by atoms with Crippen molar-refractivity contribution in [1.29, 1.82) is 0 Å². The minimum atomic E-state index is -1.02. The first-order chi connectivity index (χ1) is 4.34. The first kappa shape index (κ1) is 6.64. The van der Waals surface area contributed by atoms with Crippen molar-refractivity contribution in [3.05, 3.63) is 16.6 Å². The van der Waals surface area contributed by atoms with Crippen molar-refractivity contribution in [2.75, 3.05) is 6.67 Å². The van der Waals surface area contributed by atoms with Gasteiger partial charge < -0.3 is 5.11 Å². The van der Waals surface area contributed by atoms with E-state index in [0.29, 0.717) is 5.01 Å². The Bertz CT molecular complexity index is 165.